The number of thiophene rings is 1. The van der Waals surface area contributed by atoms with Gasteiger partial charge in [-0.15, -0.1) is 11.3 Å². The Kier molecular flexibility index (Phi) is 4.41. The fourth-order valence-electron chi connectivity index (χ4n) is 2.43. The molecule has 0 aliphatic carbocycles. The molecule has 2 N–H and O–H groups in total. The molecule has 0 bridgehead atoms. The maximum atomic E-state index is 5.93. The molecule has 4 heteroatoms. The lowest BCUT2D eigenvalue weighted by Crippen LogP contribution is -2.31. The monoisotopic (exact) mass is 302 g/mol. The maximum absolute atomic E-state index is 5.93. The van der Waals surface area contributed by atoms with Crippen LogP contribution >= 0.6 is 27.3 Å². The van der Waals surface area contributed by atoms with E-state index in [1.807, 2.05) is 11.3 Å². The molecule has 2 nitrogen and oxygen atoms in total. The van der Waals surface area contributed by atoms with E-state index in [-0.39, 0.29) is 0 Å². The lowest BCUT2D eigenvalue weighted by Gasteiger charge is -2.25. The third-order valence-electron chi connectivity index (χ3n) is 3.48. The van der Waals surface area contributed by atoms with Crippen LogP contribution in [0.25, 0.3) is 0 Å². The molecule has 0 amide bonds. The van der Waals surface area contributed by atoms with Crippen LogP contribution in [-0.2, 0) is 0 Å². The van der Waals surface area contributed by atoms with Crippen LogP contribution in [0.2, 0.25) is 0 Å². The Hall–Kier alpha value is 0.1000. The minimum absolute atomic E-state index is 0.424. The van der Waals surface area contributed by atoms with Crippen LogP contribution in [0.3, 0.4) is 0 Å². The van der Waals surface area contributed by atoms with Gasteiger partial charge in [0.15, 0.2) is 0 Å². The highest BCUT2D eigenvalue weighted by Crippen LogP contribution is 2.33. The average Bonchev–Trinajstić information content (AvgIpc) is 2.89. The van der Waals surface area contributed by atoms with Gasteiger partial charge in [-0.1, -0.05) is 13.3 Å². The van der Waals surface area contributed by atoms with Crippen LogP contribution in [0, 0.1) is 5.92 Å². The summed E-state index contributed by atoms with van der Waals surface area (Å²) in [6.45, 7) is 5.43. The average molecular weight is 303 g/mol. The third-order valence-corrected chi connectivity index (χ3v) is 5.21. The van der Waals surface area contributed by atoms with Crippen LogP contribution in [0.15, 0.2) is 15.9 Å². The minimum Gasteiger partial charge on any atom is -0.329 e. The highest BCUT2D eigenvalue weighted by atomic mass is 79.9. The van der Waals surface area contributed by atoms with Crippen molar-refractivity contribution in [1.82, 2.24) is 4.90 Å². The molecule has 0 radical (unpaired) electrons. The number of rotatable bonds is 4. The Balaban J connectivity index is 2.06. The Bertz CT molecular complexity index is 340. The van der Waals surface area contributed by atoms with Crippen molar-refractivity contribution in [3.05, 3.63) is 20.8 Å². The fourth-order valence-corrected chi connectivity index (χ4v) is 4.00. The highest BCUT2D eigenvalue weighted by Gasteiger charge is 2.28. The van der Waals surface area contributed by atoms with Crippen molar-refractivity contribution in [2.75, 3.05) is 19.6 Å². The summed E-state index contributed by atoms with van der Waals surface area (Å²) in [6.07, 6.45) is 2.63. The number of hydrogen-bond acceptors (Lipinski definition) is 3. The van der Waals surface area contributed by atoms with Crippen LogP contribution < -0.4 is 5.73 Å². The van der Waals surface area contributed by atoms with Crippen molar-refractivity contribution in [3.63, 3.8) is 0 Å². The van der Waals surface area contributed by atoms with E-state index in [0.29, 0.717) is 6.04 Å². The summed E-state index contributed by atoms with van der Waals surface area (Å²) in [7, 11) is 0. The van der Waals surface area contributed by atoms with Crippen LogP contribution in [0.5, 0.6) is 0 Å². The van der Waals surface area contributed by atoms with Gasteiger partial charge in [0.25, 0.3) is 0 Å². The van der Waals surface area contributed by atoms with Crippen molar-refractivity contribution >= 4 is 27.3 Å². The lowest BCUT2D eigenvalue weighted by atomic mass is 10.1. The van der Waals surface area contributed by atoms with Gasteiger partial charge in [0, 0.05) is 18.0 Å². The predicted octanol–water partition coefficient (Wildman–Crippen LogP) is 3.24. The van der Waals surface area contributed by atoms with Crippen LogP contribution in [0.4, 0.5) is 0 Å². The maximum Gasteiger partial charge on any atom is 0.0702 e. The van der Waals surface area contributed by atoms with Gasteiger partial charge in [-0.25, -0.2) is 0 Å². The molecule has 0 aromatic carbocycles. The highest BCUT2D eigenvalue weighted by molar-refractivity contribution is 9.11. The van der Waals surface area contributed by atoms with E-state index >= 15 is 0 Å². The molecule has 2 atom stereocenters. The molecule has 2 heterocycles. The third kappa shape index (κ3) is 2.67. The first-order chi connectivity index (χ1) is 7.74. The van der Waals surface area contributed by atoms with Gasteiger partial charge in [0.1, 0.15) is 0 Å². The predicted molar refractivity (Wildman–Crippen MR) is 73.8 cm³/mol. The first-order valence-electron chi connectivity index (χ1n) is 5.94. The number of hydrogen-bond donors (Lipinski definition) is 1. The zero-order chi connectivity index (χ0) is 11.5. The zero-order valence-corrected chi connectivity index (χ0v) is 12.1. The van der Waals surface area contributed by atoms with Gasteiger partial charge in [-0.05, 0) is 46.9 Å². The summed E-state index contributed by atoms with van der Waals surface area (Å²) >= 11 is 5.33. The quantitative estimate of drug-likeness (QED) is 0.925. The fraction of sp³-hybridized carbons (Fsp3) is 0.667. The number of nitrogens with two attached hydrogens (primary N) is 1. The van der Waals surface area contributed by atoms with E-state index in [0.717, 1.165) is 12.5 Å². The van der Waals surface area contributed by atoms with Gasteiger partial charge in [0.05, 0.1) is 9.83 Å². The second-order valence-corrected chi connectivity index (χ2v) is 6.95. The Labute approximate surface area is 110 Å². The molecule has 1 aliphatic heterocycles. The SMILES string of the molecule is CCC1CCN(C(CN)c2ccc(Br)s2)C1. The van der Waals surface area contributed by atoms with E-state index in [9.17, 15) is 0 Å². The molecule has 1 saturated heterocycles. The molecule has 90 valence electrons. The van der Waals surface area contributed by atoms with E-state index in [2.05, 4.69) is 39.9 Å². The molecular formula is C12H19BrN2S. The molecule has 0 saturated carbocycles. The van der Waals surface area contributed by atoms with Gasteiger partial charge < -0.3 is 5.73 Å². The van der Waals surface area contributed by atoms with Gasteiger partial charge in [-0.3, -0.25) is 4.90 Å². The molecule has 16 heavy (non-hydrogen) atoms. The summed E-state index contributed by atoms with van der Waals surface area (Å²) in [5.74, 6) is 0.873. The van der Waals surface area contributed by atoms with Crippen LogP contribution in [0.1, 0.15) is 30.7 Å². The number of nitrogens with zero attached hydrogens (tertiary/aromatic N) is 1. The summed E-state index contributed by atoms with van der Waals surface area (Å²) in [5, 5.41) is 0. The van der Waals surface area contributed by atoms with Crippen molar-refractivity contribution in [3.8, 4) is 0 Å². The molecule has 1 aromatic rings. The van der Waals surface area contributed by atoms with Gasteiger partial charge in [-0.2, -0.15) is 0 Å². The van der Waals surface area contributed by atoms with E-state index in [1.54, 1.807) is 0 Å². The zero-order valence-electron chi connectivity index (χ0n) is 9.66. The summed E-state index contributed by atoms with van der Waals surface area (Å²) in [4.78, 5) is 3.94. The van der Waals surface area contributed by atoms with E-state index in [1.165, 1.54) is 34.6 Å². The Morgan fingerprint density at radius 3 is 2.94 bits per heavy atom. The Morgan fingerprint density at radius 2 is 2.44 bits per heavy atom. The molecular weight excluding hydrogens is 284 g/mol. The Morgan fingerprint density at radius 1 is 1.62 bits per heavy atom. The molecule has 1 fully saturated rings. The first kappa shape index (κ1) is 12.6. The van der Waals surface area contributed by atoms with E-state index < -0.39 is 0 Å². The van der Waals surface area contributed by atoms with E-state index in [4.69, 9.17) is 5.73 Å². The molecule has 1 aliphatic rings. The summed E-state index contributed by atoms with van der Waals surface area (Å²) in [5.41, 5.74) is 5.93. The van der Waals surface area contributed by atoms with Crippen molar-refractivity contribution in [1.29, 1.82) is 0 Å². The topological polar surface area (TPSA) is 29.3 Å². The van der Waals surface area contributed by atoms with Gasteiger partial charge >= 0.3 is 0 Å². The molecule has 2 unspecified atom stereocenters. The molecule has 0 spiro atoms. The number of likely N-dealkylation sites (tertiary alicyclic amines) is 1. The van der Waals surface area contributed by atoms with Crippen molar-refractivity contribution in [2.45, 2.75) is 25.8 Å². The summed E-state index contributed by atoms with van der Waals surface area (Å²) < 4.78 is 1.20. The standard InChI is InChI=1S/C12H19BrN2S/c1-2-9-5-6-15(8-9)10(7-14)11-3-4-12(13)16-11/h3-4,9-10H,2,5-8,14H2,1H3. The second kappa shape index (κ2) is 5.63. The molecule has 1 aromatic heterocycles. The van der Waals surface area contributed by atoms with Crippen LogP contribution in [-0.4, -0.2) is 24.5 Å². The minimum atomic E-state index is 0.424. The number of halogens is 1. The lowest BCUT2D eigenvalue weighted by molar-refractivity contribution is 0.244. The largest absolute Gasteiger partial charge is 0.329 e. The first-order valence-corrected chi connectivity index (χ1v) is 7.55. The van der Waals surface area contributed by atoms with Crippen molar-refractivity contribution in [2.24, 2.45) is 11.7 Å². The molecule has 2 rings (SSSR count). The van der Waals surface area contributed by atoms with Crippen molar-refractivity contribution < 1.29 is 0 Å². The smallest absolute Gasteiger partial charge is 0.0702 e. The second-order valence-electron chi connectivity index (χ2n) is 4.45. The normalized spacial score (nSPS) is 23.8. The summed E-state index contributed by atoms with van der Waals surface area (Å²) in [6, 6.07) is 4.74. The van der Waals surface area contributed by atoms with Gasteiger partial charge in [0.2, 0.25) is 0 Å².